The molecule has 1 aliphatic heterocycles. The molecule has 1 amide bonds. The SMILES string of the molecule is CC(C)CC1CN(C)C(CC(C)C)C(=O)N1.O=Cc1cc(-c2ccc(Cl)cc2)no1. The lowest BCUT2D eigenvalue weighted by Crippen LogP contribution is -2.59. The van der Waals surface area contributed by atoms with E-state index >= 15 is 0 Å². The van der Waals surface area contributed by atoms with Crippen LogP contribution in [0, 0.1) is 11.8 Å². The minimum Gasteiger partial charge on any atom is -0.353 e. The highest BCUT2D eigenvalue weighted by molar-refractivity contribution is 6.30. The average Bonchev–Trinajstić information content (AvgIpc) is 3.14. The number of piperazine rings is 1. The number of nitrogens with zero attached hydrogens (tertiary/aromatic N) is 2. The number of halogens is 1. The number of nitrogens with one attached hydrogen (secondary N) is 1. The topological polar surface area (TPSA) is 75.4 Å². The van der Waals surface area contributed by atoms with Crippen LogP contribution in [0.2, 0.25) is 5.02 Å². The zero-order chi connectivity index (χ0) is 22.3. The van der Waals surface area contributed by atoms with Gasteiger partial charge in [0.25, 0.3) is 0 Å². The second kappa shape index (κ2) is 11.3. The first kappa shape index (κ1) is 24.1. The van der Waals surface area contributed by atoms with E-state index in [1.807, 2.05) is 12.1 Å². The van der Waals surface area contributed by atoms with Gasteiger partial charge in [0.15, 0.2) is 12.0 Å². The molecule has 1 aromatic carbocycles. The van der Waals surface area contributed by atoms with Crippen molar-refractivity contribution in [3.05, 3.63) is 41.1 Å². The fourth-order valence-electron chi connectivity index (χ4n) is 3.56. The molecule has 0 bridgehead atoms. The van der Waals surface area contributed by atoms with E-state index in [0.29, 0.717) is 34.9 Å². The van der Waals surface area contributed by atoms with E-state index in [1.165, 1.54) is 0 Å². The highest BCUT2D eigenvalue weighted by atomic mass is 35.5. The van der Waals surface area contributed by atoms with Crippen molar-refractivity contribution in [2.45, 2.75) is 52.6 Å². The number of hydrogen-bond donors (Lipinski definition) is 1. The minimum atomic E-state index is 0.0726. The van der Waals surface area contributed by atoms with E-state index in [0.717, 1.165) is 24.9 Å². The van der Waals surface area contributed by atoms with Crippen molar-refractivity contribution in [2.24, 2.45) is 11.8 Å². The number of carbonyl (C=O) groups excluding carboxylic acids is 2. The summed E-state index contributed by atoms with van der Waals surface area (Å²) in [7, 11) is 2.07. The summed E-state index contributed by atoms with van der Waals surface area (Å²) in [6, 6.07) is 9.13. The lowest BCUT2D eigenvalue weighted by atomic mass is 9.96. The second-order valence-electron chi connectivity index (χ2n) is 8.66. The van der Waals surface area contributed by atoms with Crippen LogP contribution >= 0.6 is 11.6 Å². The Balaban J connectivity index is 0.000000215. The van der Waals surface area contributed by atoms with Crippen molar-refractivity contribution in [3.8, 4) is 11.3 Å². The van der Waals surface area contributed by atoms with E-state index in [-0.39, 0.29) is 17.7 Å². The molecule has 1 N–H and O–H groups in total. The van der Waals surface area contributed by atoms with Gasteiger partial charge in [0.05, 0.1) is 6.04 Å². The molecule has 0 radical (unpaired) electrons. The third-order valence-electron chi connectivity index (χ3n) is 4.92. The van der Waals surface area contributed by atoms with Gasteiger partial charge < -0.3 is 9.84 Å². The smallest absolute Gasteiger partial charge is 0.237 e. The largest absolute Gasteiger partial charge is 0.353 e. The standard InChI is InChI=1S/C13H26N2O.C10H6ClNO2/c1-9(2)6-11-8-15(5)12(7-10(3)4)13(16)14-11;11-8-3-1-7(2-4-8)10-5-9(6-13)14-12-10/h9-12H,6-8H2,1-5H3,(H,14,16);1-6H. The molecule has 2 atom stereocenters. The lowest BCUT2D eigenvalue weighted by Gasteiger charge is -2.38. The first-order valence-corrected chi connectivity index (χ1v) is 10.8. The van der Waals surface area contributed by atoms with E-state index in [4.69, 9.17) is 16.1 Å². The molecule has 1 saturated heterocycles. The predicted octanol–water partition coefficient (Wildman–Crippen LogP) is 4.68. The molecule has 6 nitrogen and oxygen atoms in total. The van der Waals surface area contributed by atoms with E-state index in [2.05, 4.69) is 50.1 Å². The van der Waals surface area contributed by atoms with Gasteiger partial charge in [0.1, 0.15) is 5.69 Å². The second-order valence-corrected chi connectivity index (χ2v) is 9.10. The fourth-order valence-corrected chi connectivity index (χ4v) is 3.68. The van der Waals surface area contributed by atoms with Crippen LogP contribution in [0.5, 0.6) is 0 Å². The van der Waals surface area contributed by atoms with E-state index < -0.39 is 0 Å². The highest BCUT2D eigenvalue weighted by Gasteiger charge is 2.32. The summed E-state index contributed by atoms with van der Waals surface area (Å²) >= 11 is 5.73. The Labute approximate surface area is 183 Å². The van der Waals surface area contributed by atoms with Crippen molar-refractivity contribution in [1.29, 1.82) is 0 Å². The molecule has 0 aliphatic carbocycles. The normalized spacial score (nSPS) is 19.4. The maximum Gasteiger partial charge on any atom is 0.237 e. The van der Waals surface area contributed by atoms with Gasteiger partial charge in [-0.1, -0.05) is 56.6 Å². The summed E-state index contributed by atoms with van der Waals surface area (Å²) < 4.78 is 4.75. The maximum atomic E-state index is 12.0. The number of hydrogen-bond acceptors (Lipinski definition) is 5. The number of aromatic nitrogens is 1. The van der Waals surface area contributed by atoms with Crippen LogP contribution in [0.15, 0.2) is 34.9 Å². The average molecular weight is 434 g/mol. The van der Waals surface area contributed by atoms with Gasteiger partial charge in [-0.05, 0) is 43.9 Å². The minimum absolute atomic E-state index is 0.0726. The van der Waals surface area contributed by atoms with Gasteiger partial charge in [-0.25, -0.2) is 0 Å². The molecule has 0 spiro atoms. The zero-order valence-electron chi connectivity index (χ0n) is 18.4. The van der Waals surface area contributed by atoms with Crippen molar-refractivity contribution < 1.29 is 14.1 Å². The van der Waals surface area contributed by atoms with Gasteiger partial charge in [-0.2, -0.15) is 0 Å². The number of carbonyl (C=O) groups is 2. The number of likely N-dealkylation sites (N-methyl/N-ethyl adjacent to an activating group) is 1. The number of aldehydes is 1. The van der Waals surface area contributed by atoms with Gasteiger partial charge >= 0.3 is 0 Å². The summed E-state index contributed by atoms with van der Waals surface area (Å²) in [6.07, 6.45) is 2.65. The van der Waals surface area contributed by atoms with Crippen molar-refractivity contribution in [3.63, 3.8) is 0 Å². The predicted molar refractivity (Wildman–Crippen MR) is 120 cm³/mol. The molecule has 1 aliphatic rings. The molecule has 2 heterocycles. The molecule has 2 aromatic rings. The molecule has 3 rings (SSSR count). The van der Waals surface area contributed by atoms with Crippen LogP contribution in [0.3, 0.4) is 0 Å². The molecule has 30 heavy (non-hydrogen) atoms. The number of rotatable bonds is 6. The Morgan fingerprint density at radius 2 is 1.83 bits per heavy atom. The molecule has 2 unspecified atom stereocenters. The summed E-state index contributed by atoms with van der Waals surface area (Å²) in [6.45, 7) is 9.72. The van der Waals surface area contributed by atoms with Crippen LogP contribution in [0.4, 0.5) is 0 Å². The molecule has 7 heteroatoms. The van der Waals surface area contributed by atoms with Crippen molar-refractivity contribution in [2.75, 3.05) is 13.6 Å². The highest BCUT2D eigenvalue weighted by Crippen LogP contribution is 2.20. The summed E-state index contributed by atoms with van der Waals surface area (Å²) in [5.41, 5.74) is 1.50. The monoisotopic (exact) mass is 433 g/mol. The van der Waals surface area contributed by atoms with Crippen LogP contribution in [0.25, 0.3) is 11.3 Å². The van der Waals surface area contributed by atoms with E-state index in [9.17, 15) is 9.59 Å². The van der Waals surface area contributed by atoms with Crippen LogP contribution in [-0.4, -0.2) is 47.9 Å². The maximum absolute atomic E-state index is 12.0. The Hall–Kier alpha value is -2.18. The van der Waals surface area contributed by atoms with Gasteiger partial charge in [0.2, 0.25) is 5.91 Å². The summed E-state index contributed by atoms with van der Waals surface area (Å²) in [5, 5.41) is 7.55. The Morgan fingerprint density at radius 3 is 2.33 bits per heavy atom. The van der Waals surface area contributed by atoms with Crippen molar-refractivity contribution >= 4 is 23.8 Å². The van der Waals surface area contributed by atoms with Crippen LogP contribution < -0.4 is 5.32 Å². The summed E-state index contributed by atoms with van der Waals surface area (Å²) in [5.74, 6) is 1.64. The Bertz CT molecular complexity index is 817. The first-order chi connectivity index (χ1) is 14.2. The van der Waals surface area contributed by atoms with Crippen molar-refractivity contribution in [1.82, 2.24) is 15.4 Å². The Kier molecular flexibility index (Phi) is 9.06. The molecule has 0 saturated carbocycles. The number of amides is 1. The van der Waals surface area contributed by atoms with Gasteiger partial charge in [-0.15, -0.1) is 0 Å². The molecule has 164 valence electrons. The van der Waals surface area contributed by atoms with Gasteiger partial charge in [0, 0.05) is 29.2 Å². The van der Waals surface area contributed by atoms with Crippen LogP contribution in [0.1, 0.15) is 51.1 Å². The van der Waals surface area contributed by atoms with Crippen LogP contribution in [-0.2, 0) is 4.79 Å². The summed E-state index contributed by atoms with van der Waals surface area (Å²) in [4.78, 5) is 24.5. The molecular formula is C23H32ClN3O3. The third kappa shape index (κ3) is 7.26. The molecule has 1 fully saturated rings. The fraction of sp³-hybridized carbons (Fsp3) is 0.522. The lowest BCUT2D eigenvalue weighted by molar-refractivity contribution is -0.130. The zero-order valence-corrected chi connectivity index (χ0v) is 19.1. The van der Waals surface area contributed by atoms with E-state index in [1.54, 1.807) is 18.2 Å². The Morgan fingerprint density at radius 1 is 1.20 bits per heavy atom. The number of benzene rings is 1. The third-order valence-corrected chi connectivity index (χ3v) is 5.18. The van der Waals surface area contributed by atoms with Gasteiger partial charge in [-0.3, -0.25) is 14.5 Å². The molecular weight excluding hydrogens is 402 g/mol. The quantitative estimate of drug-likeness (QED) is 0.669. The molecule has 1 aromatic heterocycles. The first-order valence-electron chi connectivity index (χ1n) is 10.4.